The van der Waals surface area contributed by atoms with Crippen LogP contribution in [0, 0.1) is 0 Å². The number of carbonyl (C=O) groups excluding carboxylic acids is 3. The summed E-state index contributed by atoms with van der Waals surface area (Å²) >= 11 is 0. The summed E-state index contributed by atoms with van der Waals surface area (Å²) in [7, 11) is 0. The lowest BCUT2D eigenvalue weighted by Gasteiger charge is -2.29. The molecule has 0 aliphatic carbocycles. The lowest BCUT2D eigenvalue weighted by atomic mass is 10.2. The van der Waals surface area contributed by atoms with Gasteiger partial charge >= 0.3 is 17.9 Å². The van der Waals surface area contributed by atoms with E-state index in [0.717, 1.165) is 6.42 Å². The van der Waals surface area contributed by atoms with Crippen LogP contribution in [-0.4, -0.2) is 29.8 Å². The first kappa shape index (κ1) is 18.5. The van der Waals surface area contributed by atoms with E-state index in [1.54, 1.807) is 24.3 Å². The first-order valence-corrected chi connectivity index (χ1v) is 7.96. The van der Waals surface area contributed by atoms with E-state index < -0.39 is 23.7 Å². The van der Waals surface area contributed by atoms with Crippen LogP contribution in [0.4, 0.5) is 5.69 Å². The van der Waals surface area contributed by atoms with Gasteiger partial charge < -0.3 is 19.5 Å². The van der Waals surface area contributed by atoms with Crippen LogP contribution >= 0.6 is 0 Å². The zero-order chi connectivity index (χ0) is 18.6. The molecule has 1 atom stereocenters. The first-order chi connectivity index (χ1) is 11.7. The van der Waals surface area contributed by atoms with Crippen LogP contribution in [0.3, 0.4) is 0 Å². The number of hydrogen-bond acceptors (Lipinski definition) is 7. The zero-order valence-corrected chi connectivity index (χ0v) is 14.6. The molecule has 0 aromatic heterocycles. The van der Waals surface area contributed by atoms with Crippen molar-refractivity contribution >= 4 is 23.6 Å². The fraction of sp³-hybridized carbons (Fsp3) is 0.389. The molecule has 25 heavy (non-hydrogen) atoms. The summed E-state index contributed by atoms with van der Waals surface area (Å²) in [4.78, 5) is 35.5. The molecular formula is C18H21NO6. The van der Waals surface area contributed by atoms with Gasteiger partial charge in [0.15, 0.2) is 5.57 Å². The summed E-state index contributed by atoms with van der Waals surface area (Å²) in [6.45, 7) is 6.71. The Bertz CT molecular complexity index is 683. The molecule has 1 unspecified atom stereocenters. The number of hydrogen-bond donors (Lipinski definition) is 1. The Morgan fingerprint density at radius 2 is 1.76 bits per heavy atom. The van der Waals surface area contributed by atoms with Crippen LogP contribution in [0.2, 0.25) is 0 Å². The van der Waals surface area contributed by atoms with E-state index >= 15 is 0 Å². The van der Waals surface area contributed by atoms with Crippen LogP contribution in [0.1, 0.15) is 44.5 Å². The summed E-state index contributed by atoms with van der Waals surface area (Å²) in [6.07, 6.45) is 1.80. The van der Waals surface area contributed by atoms with Gasteiger partial charge in [0.05, 0.1) is 11.7 Å². The molecule has 1 aromatic rings. The van der Waals surface area contributed by atoms with Crippen molar-refractivity contribution in [1.29, 1.82) is 0 Å². The highest BCUT2D eigenvalue weighted by molar-refractivity contribution is 6.15. The van der Waals surface area contributed by atoms with Crippen LogP contribution in [0.5, 0.6) is 0 Å². The molecule has 1 aliphatic rings. The number of benzene rings is 1. The van der Waals surface area contributed by atoms with Crippen molar-refractivity contribution in [2.24, 2.45) is 0 Å². The normalized spacial score (nSPS) is 17.2. The highest BCUT2D eigenvalue weighted by atomic mass is 16.7. The molecule has 0 bridgehead atoms. The number of esters is 3. The standard InChI is InChI=1S/C18H21NO6/c1-5-11(2)23-15(20)12-6-8-13(9-7-12)19-10-14-16(21)24-18(3,4)25-17(14)22/h6-11,19H,5H2,1-4H3. The van der Waals surface area contributed by atoms with E-state index in [1.807, 2.05) is 13.8 Å². The molecule has 1 fully saturated rings. The van der Waals surface area contributed by atoms with E-state index in [0.29, 0.717) is 11.3 Å². The number of cyclic esters (lactones) is 2. The molecule has 0 radical (unpaired) electrons. The Morgan fingerprint density at radius 1 is 1.20 bits per heavy atom. The molecule has 0 saturated carbocycles. The maximum absolute atomic E-state index is 11.9. The van der Waals surface area contributed by atoms with Crippen molar-refractivity contribution in [3.63, 3.8) is 0 Å². The Kier molecular flexibility index (Phi) is 5.46. The van der Waals surface area contributed by atoms with Crippen molar-refractivity contribution in [2.45, 2.75) is 46.0 Å². The molecule has 1 aliphatic heterocycles. The van der Waals surface area contributed by atoms with Gasteiger partial charge in [0, 0.05) is 25.7 Å². The topological polar surface area (TPSA) is 90.9 Å². The average Bonchev–Trinajstić information content (AvgIpc) is 2.53. The summed E-state index contributed by atoms with van der Waals surface area (Å²) in [5, 5.41) is 2.80. The van der Waals surface area contributed by atoms with Crippen molar-refractivity contribution in [2.75, 3.05) is 5.32 Å². The molecule has 0 amide bonds. The average molecular weight is 347 g/mol. The largest absolute Gasteiger partial charge is 0.459 e. The van der Waals surface area contributed by atoms with E-state index in [4.69, 9.17) is 14.2 Å². The summed E-state index contributed by atoms with van der Waals surface area (Å²) in [6, 6.07) is 6.44. The molecule has 1 saturated heterocycles. The second-order valence-corrected chi connectivity index (χ2v) is 6.08. The summed E-state index contributed by atoms with van der Waals surface area (Å²) in [5.74, 6) is -3.20. The Labute approximate surface area is 145 Å². The van der Waals surface area contributed by atoms with E-state index in [9.17, 15) is 14.4 Å². The molecule has 134 valence electrons. The quantitative estimate of drug-likeness (QED) is 0.497. The van der Waals surface area contributed by atoms with Gasteiger partial charge in [-0.05, 0) is 37.6 Å². The van der Waals surface area contributed by atoms with Gasteiger partial charge in [-0.25, -0.2) is 14.4 Å². The fourth-order valence-corrected chi connectivity index (χ4v) is 1.97. The number of nitrogens with one attached hydrogen (secondary N) is 1. The van der Waals surface area contributed by atoms with Gasteiger partial charge in [-0.15, -0.1) is 0 Å². The van der Waals surface area contributed by atoms with E-state index in [1.165, 1.54) is 20.0 Å². The maximum atomic E-state index is 11.9. The van der Waals surface area contributed by atoms with Crippen LogP contribution in [0.25, 0.3) is 0 Å². The van der Waals surface area contributed by atoms with Gasteiger partial charge in [0.2, 0.25) is 0 Å². The smallest absolute Gasteiger partial charge is 0.350 e. The number of anilines is 1. The molecular weight excluding hydrogens is 326 g/mol. The highest BCUT2D eigenvalue weighted by Crippen LogP contribution is 2.22. The van der Waals surface area contributed by atoms with E-state index in [-0.39, 0.29) is 11.7 Å². The summed E-state index contributed by atoms with van der Waals surface area (Å²) < 4.78 is 15.2. The third kappa shape index (κ3) is 4.82. The lowest BCUT2D eigenvalue weighted by molar-refractivity contribution is -0.222. The van der Waals surface area contributed by atoms with Crippen LogP contribution in [-0.2, 0) is 23.8 Å². The Balaban J connectivity index is 2.03. The Morgan fingerprint density at radius 3 is 2.28 bits per heavy atom. The van der Waals surface area contributed by atoms with Crippen LogP contribution in [0.15, 0.2) is 36.0 Å². The fourth-order valence-electron chi connectivity index (χ4n) is 1.97. The number of ether oxygens (including phenoxy) is 3. The van der Waals surface area contributed by atoms with Gasteiger partial charge in [-0.2, -0.15) is 0 Å². The van der Waals surface area contributed by atoms with Crippen molar-refractivity contribution < 1.29 is 28.6 Å². The van der Waals surface area contributed by atoms with Gasteiger partial charge in [-0.1, -0.05) is 6.92 Å². The molecule has 0 spiro atoms. The predicted molar refractivity (Wildman–Crippen MR) is 89.6 cm³/mol. The molecule has 2 rings (SSSR count). The predicted octanol–water partition coefficient (Wildman–Crippen LogP) is 2.77. The van der Waals surface area contributed by atoms with Crippen molar-refractivity contribution in [3.05, 3.63) is 41.6 Å². The SMILES string of the molecule is CCC(C)OC(=O)c1ccc(NC=C2C(=O)OC(C)(C)OC2=O)cc1. The number of carbonyl (C=O) groups is 3. The number of rotatable bonds is 5. The third-order valence-electron chi connectivity index (χ3n) is 3.50. The molecule has 1 heterocycles. The monoisotopic (exact) mass is 347 g/mol. The third-order valence-corrected chi connectivity index (χ3v) is 3.50. The zero-order valence-electron chi connectivity index (χ0n) is 14.6. The first-order valence-electron chi connectivity index (χ1n) is 7.96. The lowest BCUT2D eigenvalue weighted by Crippen LogP contribution is -2.42. The second kappa shape index (κ2) is 7.38. The Hall–Kier alpha value is -2.83. The molecule has 1 aromatic carbocycles. The second-order valence-electron chi connectivity index (χ2n) is 6.08. The molecule has 7 heteroatoms. The van der Waals surface area contributed by atoms with Gasteiger partial charge in [0.1, 0.15) is 0 Å². The minimum absolute atomic E-state index is 0.150. The summed E-state index contributed by atoms with van der Waals surface area (Å²) in [5.41, 5.74) is 0.759. The van der Waals surface area contributed by atoms with Crippen LogP contribution < -0.4 is 5.32 Å². The van der Waals surface area contributed by atoms with Gasteiger partial charge in [0.25, 0.3) is 5.79 Å². The van der Waals surface area contributed by atoms with Crippen molar-refractivity contribution in [3.8, 4) is 0 Å². The highest BCUT2D eigenvalue weighted by Gasteiger charge is 2.38. The maximum Gasteiger partial charge on any atom is 0.350 e. The minimum atomic E-state index is -1.27. The van der Waals surface area contributed by atoms with Gasteiger partial charge in [-0.3, -0.25) is 0 Å². The van der Waals surface area contributed by atoms with Crippen molar-refractivity contribution in [1.82, 2.24) is 0 Å². The molecule has 1 N–H and O–H groups in total. The minimum Gasteiger partial charge on any atom is -0.459 e. The van der Waals surface area contributed by atoms with E-state index in [2.05, 4.69) is 5.32 Å². The molecule has 7 nitrogen and oxygen atoms in total.